The summed E-state index contributed by atoms with van der Waals surface area (Å²) >= 11 is 5.28. The van der Waals surface area contributed by atoms with Gasteiger partial charge in [0, 0.05) is 11.4 Å². The van der Waals surface area contributed by atoms with Gasteiger partial charge in [0.05, 0.1) is 17.1 Å². The molecular formula is C27H31N3O4S2. The number of hydrogen-bond donors (Lipinski definition) is 3. The first-order chi connectivity index (χ1) is 17.0. The number of para-hydroxylation sites is 1. The van der Waals surface area contributed by atoms with E-state index in [1.807, 2.05) is 26.0 Å². The first-order valence-electron chi connectivity index (χ1n) is 11.6. The van der Waals surface area contributed by atoms with E-state index in [2.05, 4.69) is 29.2 Å². The van der Waals surface area contributed by atoms with Crippen LogP contribution < -0.4 is 20.1 Å². The van der Waals surface area contributed by atoms with E-state index in [1.165, 1.54) is 12.1 Å². The molecule has 3 N–H and O–H groups in total. The standard InChI is InChI=1S/C27H31N3O4S2/c1-18(2)13-14-34-25-8-6-5-7-24(25)26(31)29-27(35)28-21-9-11-23(12-10-21)36(32,33)30-22-16-19(3)15-20(4)17-22/h5-12,15-18,30H,13-14H2,1-4H3,(H2,28,29,31,35). The van der Waals surface area contributed by atoms with Gasteiger partial charge >= 0.3 is 0 Å². The van der Waals surface area contributed by atoms with Crippen molar-refractivity contribution in [1.29, 1.82) is 0 Å². The number of carbonyl (C=O) groups excluding carboxylic acids is 1. The van der Waals surface area contributed by atoms with Gasteiger partial charge in [-0.3, -0.25) is 14.8 Å². The second kappa shape index (κ2) is 12.0. The summed E-state index contributed by atoms with van der Waals surface area (Å²) in [7, 11) is -3.76. The Kier molecular flexibility index (Phi) is 9.06. The van der Waals surface area contributed by atoms with Gasteiger partial charge in [-0.25, -0.2) is 8.42 Å². The Bertz CT molecular complexity index is 1320. The molecule has 1 amide bonds. The highest BCUT2D eigenvalue weighted by atomic mass is 32.2. The van der Waals surface area contributed by atoms with Crippen LogP contribution in [0.2, 0.25) is 0 Å². The number of benzene rings is 3. The highest BCUT2D eigenvalue weighted by Gasteiger charge is 2.16. The Morgan fingerprint density at radius 3 is 2.22 bits per heavy atom. The van der Waals surface area contributed by atoms with Crippen LogP contribution in [0.5, 0.6) is 5.75 Å². The predicted octanol–water partition coefficient (Wildman–Crippen LogP) is 5.66. The van der Waals surface area contributed by atoms with E-state index in [0.717, 1.165) is 17.5 Å². The van der Waals surface area contributed by atoms with E-state index in [9.17, 15) is 13.2 Å². The summed E-state index contributed by atoms with van der Waals surface area (Å²) in [6.45, 7) is 8.54. The number of thiocarbonyl (C=S) groups is 1. The lowest BCUT2D eigenvalue weighted by Gasteiger charge is -2.14. The smallest absolute Gasteiger partial charge is 0.261 e. The molecule has 0 spiro atoms. The Morgan fingerprint density at radius 2 is 1.58 bits per heavy atom. The quantitative estimate of drug-likeness (QED) is 0.312. The lowest BCUT2D eigenvalue weighted by Crippen LogP contribution is -2.34. The Balaban J connectivity index is 1.62. The minimum Gasteiger partial charge on any atom is -0.493 e. The van der Waals surface area contributed by atoms with Crippen molar-refractivity contribution in [2.75, 3.05) is 16.6 Å². The lowest BCUT2D eigenvalue weighted by molar-refractivity contribution is 0.0973. The molecule has 0 bridgehead atoms. The van der Waals surface area contributed by atoms with Crippen LogP contribution >= 0.6 is 12.2 Å². The Morgan fingerprint density at radius 1 is 0.944 bits per heavy atom. The number of sulfonamides is 1. The average Bonchev–Trinajstić information content (AvgIpc) is 2.78. The average molecular weight is 526 g/mol. The summed E-state index contributed by atoms with van der Waals surface area (Å²) in [5, 5.41) is 5.63. The van der Waals surface area contributed by atoms with Crippen LogP contribution in [0.4, 0.5) is 11.4 Å². The molecule has 0 aliphatic rings. The minimum atomic E-state index is -3.76. The Hall–Kier alpha value is -3.43. The van der Waals surface area contributed by atoms with E-state index in [0.29, 0.717) is 35.2 Å². The molecule has 0 fully saturated rings. The molecule has 9 heteroatoms. The number of rotatable bonds is 9. The van der Waals surface area contributed by atoms with Crippen molar-refractivity contribution in [3.63, 3.8) is 0 Å². The molecular weight excluding hydrogens is 494 g/mol. The number of nitrogens with one attached hydrogen (secondary N) is 3. The number of ether oxygens (including phenoxy) is 1. The van der Waals surface area contributed by atoms with Crippen molar-refractivity contribution in [2.24, 2.45) is 5.92 Å². The van der Waals surface area contributed by atoms with E-state index in [1.54, 1.807) is 42.5 Å². The largest absolute Gasteiger partial charge is 0.493 e. The van der Waals surface area contributed by atoms with E-state index < -0.39 is 15.9 Å². The molecule has 3 aromatic rings. The lowest BCUT2D eigenvalue weighted by atomic mass is 10.1. The second-order valence-electron chi connectivity index (χ2n) is 8.94. The summed E-state index contributed by atoms with van der Waals surface area (Å²) in [6.07, 6.45) is 0.877. The van der Waals surface area contributed by atoms with Gasteiger partial charge in [0.25, 0.3) is 15.9 Å². The highest BCUT2D eigenvalue weighted by Crippen LogP contribution is 2.21. The van der Waals surface area contributed by atoms with Crippen molar-refractivity contribution >= 4 is 44.6 Å². The van der Waals surface area contributed by atoms with Crippen LogP contribution in [0.25, 0.3) is 0 Å². The third kappa shape index (κ3) is 7.79. The SMILES string of the molecule is Cc1cc(C)cc(NS(=O)(=O)c2ccc(NC(=S)NC(=O)c3ccccc3OCCC(C)C)cc2)c1. The number of carbonyl (C=O) groups is 1. The number of aryl methyl sites for hydroxylation is 2. The fourth-order valence-electron chi connectivity index (χ4n) is 3.48. The monoisotopic (exact) mass is 525 g/mol. The zero-order chi connectivity index (χ0) is 26.3. The van der Waals surface area contributed by atoms with Crippen molar-refractivity contribution in [3.8, 4) is 5.75 Å². The molecule has 0 saturated heterocycles. The topological polar surface area (TPSA) is 96.5 Å². The number of amides is 1. The fraction of sp³-hybridized carbons (Fsp3) is 0.259. The van der Waals surface area contributed by atoms with Crippen LogP contribution in [-0.4, -0.2) is 26.0 Å². The van der Waals surface area contributed by atoms with Crippen LogP contribution in [0.3, 0.4) is 0 Å². The third-order valence-electron chi connectivity index (χ3n) is 5.21. The molecule has 0 aromatic heterocycles. The summed E-state index contributed by atoms with van der Waals surface area (Å²) in [6, 6.07) is 18.6. The third-order valence-corrected chi connectivity index (χ3v) is 6.81. The van der Waals surface area contributed by atoms with Gasteiger partial charge in [0.2, 0.25) is 0 Å². The van der Waals surface area contributed by atoms with E-state index in [4.69, 9.17) is 17.0 Å². The van der Waals surface area contributed by atoms with E-state index >= 15 is 0 Å². The van der Waals surface area contributed by atoms with Crippen molar-refractivity contribution in [3.05, 3.63) is 83.4 Å². The number of hydrogen-bond acceptors (Lipinski definition) is 5. The molecule has 0 unspecified atom stereocenters. The maximum absolute atomic E-state index is 12.8. The zero-order valence-electron chi connectivity index (χ0n) is 20.8. The zero-order valence-corrected chi connectivity index (χ0v) is 22.4. The van der Waals surface area contributed by atoms with Crippen molar-refractivity contribution in [2.45, 2.75) is 39.0 Å². The molecule has 0 atom stereocenters. The normalized spacial score (nSPS) is 11.1. The molecule has 7 nitrogen and oxygen atoms in total. The predicted molar refractivity (Wildman–Crippen MR) is 148 cm³/mol. The summed E-state index contributed by atoms with van der Waals surface area (Å²) in [4.78, 5) is 12.9. The van der Waals surface area contributed by atoms with Crippen LogP contribution in [0.1, 0.15) is 41.8 Å². The van der Waals surface area contributed by atoms with Crippen LogP contribution in [0.15, 0.2) is 71.6 Å². The first kappa shape index (κ1) is 27.2. The maximum Gasteiger partial charge on any atom is 0.261 e. The highest BCUT2D eigenvalue weighted by molar-refractivity contribution is 7.92. The first-order valence-corrected chi connectivity index (χ1v) is 13.5. The van der Waals surface area contributed by atoms with Gasteiger partial charge in [0.1, 0.15) is 5.75 Å². The van der Waals surface area contributed by atoms with Gasteiger partial charge in [-0.2, -0.15) is 0 Å². The fourth-order valence-corrected chi connectivity index (χ4v) is 4.73. The summed E-state index contributed by atoms with van der Waals surface area (Å²) < 4.78 is 33.9. The van der Waals surface area contributed by atoms with Gasteiger partial charge < -0.3 is 10.1 Å². The van der Waals surface area contributed by atoms with Crippen LogP contribution in [0, 0.1) is 19.8 Å². The molecule has 0 aliphatic heterocycles. The van der Waals surface area contributed by atoms with Crippen molar-refractivity contribution in [1.82, 2.24) is 5.32 Å². The van der Waals surface area contributed by atoms with Gasteiger partial charge in [0.15, 0.2) is 5.11 Å². The molecule has 3 aromatic carbocycles. The second-order valence-corrected chi connectivity index (χ2v) is 11.0. The molecule has 0 heterocycles. The molecule has 36 heavy (non-hydrogen) atoms. The summed E-state index contributed by atoms with van der Waals surface area (Å²) in [5.41, 5.74) is 3.35. The molecule has 0 radical (unpaired) electrons. The van der Waals surface area contributed by atoms with Gasteiger partial charge in [-0.15, -0.1) is 0 Å². The van der Waals surface area contributed by atoms with Gasteiger partial charge in [-0.1, -0.05) is 32.0 Å². The van der Waals surface area contributed by atoms with Gasteiger partial charge in [-0.05, 0) is 98.1 Å². The van der Waals surface area contributed by atoms with E-state index in [-0.39, 0.29) is 10.0 Å². The molecule has 3 rings (SSSR count). The molecule has 0 aliphatic carbocycles. The number of anilines is 2. The molecule has 190 valence electrons. The van der Waals surface area contributed by atoms with Crippen LogP contribution in [-0.2, 0) is 10.0 Å². The Labute approximate surface area is 218 Å². The minimum absolute atomic E-state index is 0.0842. The molecule has 0 saturated carbocycles. The maximum atomic E-state index is 12.8. The summed E-state index contributed by atoms with van der Waals surface area (Å²) in [5.74, 6) is 0.584. The van der Waals surface area contributed by atoms with Crippen molar-refractivity contribution < 1.29 is 17.9 Å².